The van der Waals surface area contributed by atoms with Crippen molar-refractivity contribution in [2.24, 2.45) is 13.0 Å². The predicted octanol–water partition coefficient (Wildman–Crippen LogP) is 2.75. The fourth-order valence-electron chi connectivity index (χ4n) is 4.12. The number of amides is 1. The largest absolute Gasteiger partial charge is 0.343 e. The number of likely N-dealkylation sites (tertiary alicyclic amines) is 1. The number of nitrogens with zero attached hydrogens (tertiary/aromatic N) is 4. The van der Waals surface area contributed by atoms with Crippen molar-refractivity contribution in [2.75, 3.05) is 13.1 Å². The minimum atomic E-state index is -0.256. The first-order valence-corrected chi connectivity index (χ1v) is 10.1. The fourth-order valence-corrected chi connectivity index (χ4v) is 4.12. The number of imidazole rings is 1. The van der Waals surface area contributed by atoms with E-state index in [9.17, 15) is 14.0 Å². The van der Waals surface area contributed by atoms with E-state index in [4.69, 9.17) is 0 Å². The minimum Gasteiger partial charge on any atom is -0.343 e. The zero-order valence-electron chi connectivity index (χ0n) is 16.6. The first-order valence-electron chi connectivity index (χ1n) is 10.1. The van der Waals surface area contributed by atoms with Crippen molar-refractivity contribution >= 4 is 17.1 Å². The molecule has 1 amide bonds. The van der Waals surface area contributed by atoms with Crippen LogP contribution in [0, 0.1) is 11.7 Å². The molecule has 0 N–H and O–H groups in total. The minimum absolute atomic E-state index is 0.0536. The van der Waals surface area contributed by atoms with Crippen LogP contribution in [0.1, 0.15) is 24.8 Å². The maximum absolute atomic E-state index is 13.7. The van der Waals surface area contributed by atoms with Gasteiger partial charge in [-0.25, -0.2) is 14.2 Å². The number of hydrogen-bond acceptors (Lipinski definition) is 3. The van der Waals surface area contributed by atoms with Gasteiger partial charge in [-0.3, -0.25) is 13.9 Å². The summed E-state index contributed by atoms with van der Waals surface area (Å²) in [5.74, 6) is 0.139. The third kappa shape index (κ3) is 3.95. The van der Waals surface area contributed by atoms with E-state index in [1.54, 1.807) is 40.6 Å². The zero-order valence-corrected chi connectivity index (χ0v) is 16.6. The van der Waals surface area contributed by atoms with Gasteiger partial charge in [0.15, 0.2) is 5.65 Å². The lowest BCUT2D eigenvalue weighted by Gasteiger charge is -2.32. The van der Waals surface area contributed by atoms with Gasteiger partial charge >= 0.3 is 5.69 Å². The van der Waals surface area contributed by atoms with Crippen LogP contribution in [0.3, 0.4) is 0 Å². The summed E-state index contributed by atoms with van der Waals surface area (Å²) in [6, 6.07) is 10.3. The van der Waals surface area contributed by atoms with Crippen molar-refractivity contribution in [3.63, 3.8) is 0 Å². The van der Waals surface area contributed by atoms with Crippen molar-refractivity contribution in [3.8, 4) is 0 Å². The molecule has 0 unspecified atom stereocenters. The number of carbonyl (C=O) groups is 1. The lowest BCUT2D eigenvalue weighted by Crippen LogP contribution is -2.40. The van der Waals surface area contributed by atoms with Crippen LogP contribution < -0.4 is 5.69 Å². The summed E-state index contributed by atoms with van der Waals surface area (Å²) < 4.78 is 17.1. The lowest BCUT2D eigenvalue weighted by molar-refractivity contribution is -0.132. The Kier molecular flexibility index (Phi) is 5.47. The fraction of sp³-hybridized carbons (Fsp3) is 0.409. The van der Waals surface area contributed by atoms with E-state index in [0.717, 1.165) is 18.4 Å². The van der Waals surface area contributed by atoms with Gasteiger partial charge in [0.2, 0.25) is 5.91 Å². The SMILES string of the molecule is Cn1c(=O)n(CC2CCN(C(=O)CCc3ccccc3F)CC2)c2ncccc21. The number of pyridine rings is 1. The van der Waals surface area contributed by atoms with Gasteiger partial charge < -0.3 is 4.90 Å². The second-order valence-corrected chi connectivity index (χ2v) is 7.71. The summed E-state index contributed by atoms with van der Waals surface area (Å²) in [5.41, 5.74) is 2.07. The Bertz CT molecular complexity index is 1080. The Morgan fingerprint density at radius 2 is 1.93 bits per heavy atom. The van der Waals surface area contributed by atoms with Crippen LogP contribution in [0.2, 0.25) is 0 Å². The molecule has 0 spiro atoms. The molecular weight excluding hydrogens is 371 g/mol. The number of aryl methyl sites for hydroxylation is 2. The normalized spacial score (nSPS) is 15.2. The van der Waals surface area contributed by atoms with Crippen LogP contribution in [0.4, 0.5) is 4.39 Å². The highest BCUT2D eigenvalue weighted by Gasteiger charge is 2.24. The molecule has 7 heteroatoms. The molecule has 1 saturated heterocycles. The van der Waals surface area contributed by atoms with Gasteiger partial charge in [-0.05, 0) is 48.9 Å². The number of fused-ring (bicyclic) bond motifs is 1. The summed E-state index contributed by atoms with van der Waals surface area (Å²) in [4.78, 5) is 31.3. The molecule has 1 aliphatic heterocycles. The van der Waals surface area contributed by atoms with Crippen molar-refractivity contribution < 1.29 is 9.18 Å². The predicted molar refractivity (Wildman–Crippen MR) is 109 cm³/mol. The Hall–Kier alpha value is -2.96. The van der Waals surface area contributed by atoms with Crippen LogP contribution in [0.25, 0.3) is 11.2 Å². The van der Waals surface area contributed by atoms with Gasteiger partial charge in [-0.15, -0.1) is 0 Å². The molecule has 0 bridgehead atoms. The quantitative estimate of drug-likeness (QED) is 0.666. The second-order valence-electron chi connectivity index (χ2n) is 7.71. The van der Waals surface area contributed by atoms with Gasteiger partial charge in [0.1, 0.15) is 5.82 Å². The molecule has 152 valence electrons. The highest BCUT2D eigenvalue weighted by molar-refractivity contribution is 5.76. The van der Waals surface area contributed by atoms with E-state index in [1.165, 1.54) is 6.07 Å². The number of benzene rings is 1. The molecule has 0 radical (unpaired) electrons. The molecule has 2 aromatic heterocycles. The summed E-state index contributed by atoms with van der Waals surface area (Å²) in [7, 11) is 1.76. The summed E-state index contributed by atoms with van der Waals surface area (Å²) >= 11 is 0. The number of aromatic nitrogens is 3. The summed E-state index contributed by atoms with van der Waals surface area (Å²) in [5, 5.41) is 0. The topological polar surface area (TPSA) is 60.1 Å². The standard InChI is InChI=1S/C22H25FN4O2/c1-25-19-7-4-12-24-21(19)27(22(25)29)15-16-10-13-26(14-11-16)20(28)9-8-17-5-2-3-6-18(17)23/h2-7,12,16H,8-11,13-15H2,1H3. The van der Waals surface area contributed by atoms with Gasteiger partial charge in [0, 0.05) is 39.3 Å². The average molecular weight is 396 g/mol. The first kappa shape index (κ1) is 19.4. The Balaban J connectivity index is 1.34. The molecule has 0 saturated carbocycles. The number of hydrogen-bond donors (Lipinski definition) is 0. The molecule has 0 aliphatic carbocycles. The molecule has 3 aromatic rings. The van der Waals surface area contributed by atoms with E-state index in [1.807, 2.05) is 17.0 Å². The number of halogens is 1. The monoisotopic (exact) mass is 396 g/mol. The van der Waals surface area contributed by atoms with Crippen LogP contribution in [0.15, 0.2) is 47.4 Å². The first-order chi connectivity index (χ1) is 14.0. The van der Waals surface area contributed by atoms with Gasteiger partial charge in [0.05, 0.1) is 5.52 Å². The molecule has 4 rings (SSSR count). The zero-order chi connectivity index (χ0) is 20.4. The third-order valence-electron chi connectivity index (χ3n) is 5.87. The second kappa shape index (κ2) is 8.19. The van der Waals surface area contributed by atoms with Crippen LogP contribution in [-0.4, -0.2) is 38.0 Å². The van der Waals surface area contributed by atoms with Gasteiger partial charge in [-0.1, -0.05) is 18.2 Å². The highest BCUT2D eigenvalue weighted by Crippen LogP contribution is 2.21. The Morgan fingerprint density at radius 3 is 2.69 bits per heavy atom. The van der Waals surface area contributed by atoms with Crippen LogP contribution in [0.5, 0.6) is 0 Å². The molecule has 1 aliphatic rings. The molecule has 1 fully saturated rings. The van der Waals surface area contributed by atoms with E-state index < -0.39 is 0 Å². The third-order valence-corrected chi connectivity index (χ3v) is 5.87. The van der Waals surface area contributed by atoms with Gasteiger partial charge in [0.25, 0.3) is 0 Å². The Morgan fingerprint density at radius 1 is 1.17 bits per heavy atom. The van der Waals surface area contributed by atoms with Crippen molar-refractivity contribution in [1.82, 2.24) is 19.0 Å². The molecule has 3 heterocycles. The van der Waals surface area contributed by atoms with Crippen molar-refractivity contribution in [3.05, 3.63) is 64.5 Å². The molecule has 0 atom stereocenters. The Labute approximate surface area is 168 Å². The molecule has 6 nitrogen and oxygen atoms in total. The summed E-state index contributed by atoms with van der Waals surface area (Å²) in [6.45, 7) is 1.96. The summed E-state index contributed by atoms with van der Waals surface area (Å²) in [6.07, 6.45) is 4.14. The van der Waals surface area contributed by atoms with E-state index >= 15 is 0 Å². The van der Waals surface area contributed by atoms with E-state index in [-0.39, 0.29) is 17.4 Å². The van der Waals surface area contributed by atoms with E-state index in [0.29, 0.717) is 49.6 Å². The smallest absolute Gasteiger partial charge is 0.330 e. The van der Waals surface area contributed by atoms with Crippen LogP contribution >= 0.6 is 0 Å². The average Bonchev–Trinajstić information content (AvgIpc) is 2.98. The lowest BCUT2D eigenvalue weighted by atomic mass is 9.96. The molecular formula is C22H25FN4O2. The maximum Gasteiger partial charge on any atom is 0.330 e. The molecule has 29 heavy (non-hydrogen) atoms. The van der Waals surface area contributed by atoms with E-state index in [2.05, 4.69) is 4.98 Å². The number of rotatable bonds is 5. The highest BCUT2D eigenvalue weighted by atomic mass is 19.1. The number of carbonyl (C=O) groups excluding carboxylic acids is 1. The van der Waals surface area contributed by atoms with Crippen LogP contribution in [-0.2, 0) is 24.8 Å². The maximum atomic E-state index is 13.7. The van der Waals surface area contributed by atoms with Crippen molar-refractivity contribution in [1.29, 1.82) is 0 Å². The number of piperidine rings is 1. The molecule has 1 aromatic carbocycles. The van der Waals surface area contributed by atoms with Gasteiger partial charge in [-0.2, -0.15) is 0 Å². The van der Waals surface area contributed by atoms with Crippen molar-refractivity contribution in [2.45, 2.75) is 32.2 Å².